The Hall–Kier alpha value is -1.99. The highest BCUT2D eigenvalue weighted by Crippen LogP contribution is 2.15. The molecule has 0 saturated carbocycles. The molecule has 3 N–H and O–H groups in total. The van der Waals surface area contributed by atoms with Crippen molar-refractivity contribution in [1.82, 2.24) is 15.0 Å². The highest BCUT2D eigenvalue weighted by atomic mass is 16.5. The number of aliphatic hydroxyl groups is 1. The van der Waals surface area contributed by atoms with Crippen LogP contribution in [0, 0.1) is 0 Å². The van der Waals surface area contributed by atoms with Gasteiger partial charge in [0.1, 0.15) is 17.2 Å². The molecule has 20 heavy (non-hydrogen) atoms. The highest BCUT2D eigenvalue weighted by molar-refractivity contribution is 5.73. The van der Waals surface area contributed by atoms with E-state index in [1.807, 2.05) is 19.1 Å². The van der Waals surface area contributed by atoms with Gasteiger partial charge in [-0.15, -0.1) is 0 Å². The summed E-state index contributed by atoms with van der Waals surface area (Å²) in [5, 5.41) is 8.67. The lowest BCUT2D eigenvalue weighted by Crippen LogP contribution is -2.28. The zero-order valence-corrected chi connectivity index (χ0v) is 11.5. The van der Waals surface area contributed by atoms with Crippen molar-refractivity contribution in [2.75, 3.05) is 43.5 Å². The van der Waals surface area contributed by atoms with Gasteiger partial charge in [-0.05, 0) is 19.1 Å². The molecule has 0 aliphatic carbocycles. The second-order valence-corrected chi connectivity index (χ2v) is 4.22. The molecule has 0 fully saturated rings. The number of rotatable bonds is 7. The third-order valence-electron chi connectivity index (χ3n) is 2.86. The van der Waals surface area contributed by atoms with E-state index in [-0.39, 0.29) is 6.61 Å². The predicted octanol–water partition coefficient (Wildman–Crippen LogP) is 0.442. The number of aliphatic hydroxyl groups excluding tert-OH is 1. The van der Waals surface area contributed by atoms with Crippen molar-refractivity contribution in [3.8, 4) is 0 Å². The zero-order valence-electron chi connectivity index (χ0n) is 11.5. The Morgan fingerprint density at radius 1 is 1.30 bits per heavy atom. The molecule has 0 atom stereocenters. The Morgan fingerprint density at radius 3 is 2.90 bits per heavy atom. The summed E-state index contributed by atoms with van der Waals surface area (Å²) < 4.78 is 5.28. The third-order valence-corrected chi connectivity index (χ3v) is 2.86. The normalized spacial score (nSPS) is 10.9. The molecule has 7 nitrogen and oxygen atoms in total. The Kier molecular flexibility index (Phi) is 5.03. The molecule has 0 aromatic carbocycles. The van der Waals surface area contributed by atoms with Gasteiger partial charge in [-0.2, -0.15) is 0 Å². The summed E-state index contributed by atoms with van der Waals surface area (Å²) in [6, 6.07) is 3.78. The van der Waals surface area contributed by atoms with Crippen LogP contribution in [0.5, 0.6) is 0 Å². The number of nitrogen functional groups attached to an aromatic ring is 1. The third kappa shape index (κ3) is 3.52. The first-order valence-electron chi connectivity index (χ1n) is 6.57. The summed E-state index contributed by atoms with van der Waals surface area (Å²) in [5.74, 6) is 1.17. The van der Waals surface area contributed by atoms with E-state index >= 15 is 0 Å². The van der Waals surface area contributed by atoms with Gasteiger partial charge in [0.25, 0.3) is 0 Å². The quantitative estimate of drug-likeness (QED) is 0.709. The molecule has 2 heterocycles. The van der Waals surface area contributed by atoms with Crippen LogP contribution in [0.15, 0.2) is 18.3 Å². The number of anilines is 2. The van der Waals surface area contributed by atoms with E-state index in [2.05, 4.69) is 19.9 Å². The fraction of sp³-hybridized carbons (Fsp3) is 0.462. The molecule has 2 rings (SSSR count). The van der Waals surface area contributed by atoms with Crippen LogP contribution in [0.3, 0.4) is 0 Å². The summed E-state index contributed by atoms with van der Waals surface area (Å²) in [5.41, 5.74) is 6.88. The van der Waals surface area contributed by atoms with E-state index in [1.54, 1.807) is 0 Å². The number of nitrogens with two attached hydrogens (primary N) is 1. The molecule has 0 radical (unpaired) electrons. The van der Waals surface area contributed by atoms with Crippen LogP contribution < -0.4 is 10.6 Å². The van der Waals surface area contributed by atoms with E-state index < -0.39 is 0 Å². The van der Waals surface area contributed by atoms with Crippen LogP contribution in [0.25, 0.3) is 11.2 Å². The van der Waals surface area contributed by atoms with Crippen LogP contribution in [0.1, 0.15) is 6.92 Å². The standard InChI is InChI=1S/C13H19N5O2/c1-2-18(5-7-20-8-6-19)12-4-3-10-13(17-12)16-11(14)9-15-10/h3-4,9,19H,2,5-8H2,1H3,(H2,14,16,17). The fourth-order valence-electron chi connectivity index (χ4n) is 1.85. The minimum absolute atomic E-state index is 0.0369. The highest BCUT2D eigenvalue weighted by Gasteiger charge is 2.08. The summed E-state index contributed by atoms with van der Waals surface area (Å²) in [7, 11) is 0. The molecule has 0 unspecified atom stereocenters. The molecular formula is C13H19N5O2. The molecule has 108 valence electrons. The van der Waals surface area contributed by atoms with Crippen LogP contribution >= 0.6 is 0 Å². The zero-order chi connectivity index (χ0) is 14.4. The van der Waals surface area contributed by atoms with E-state index in [1.165, 1.54) is 6.20 Å². The van der Waals surface area contributed by atoms with E-state index in [0.717, 1.165) is 17.9 Å². The maximum Gasteiger partial charge on any atom is 0.182 e. The first kappa shape index (κ1) is 14.4. The van der Waals surface area contributed by atoms with Crippen LogP contribution in [0.4, 0.5) is 11.6 Å². The maximum atomic E-state index is 8.67. The molecule has 0 spiro atoms. The number of hydrogen-bond donors (Lipinski definition) is 2. The Labute approximate surface area is 117 Å². The average Bonchev–Trinajstić information content (AvgIpc) is 2.46. The van der Waals surface area contributed by atoms with E-state index in [4.69, 9.17) is 15.6 Å². The monoisotopic (exact) mass is 277 g/mol. The number of nitrogens with zero attached hydrogens (tertiary/aromatic N) is 4. The van der Waals surface area contributed by atoms with Gasteiger partial charge >= 0.3 is 0 Å². The van der Waals surface area contributed by atoms with Crippen molar-refractivity contribution >= 4 is 22.8 Å². The van der Waals surface area contributed by atoms with Gasteiger partial charge < -0.3 is 20.5 Å². The number of fused-ring (bicyclic) bond motifs is 1. The summed E-state index contributed by atoms with van der Waals surface area (Å²) in [6.07, 6.45) is 1.52. The van der Waals surface area contributed by atoms with Gasteiger partial charge in [-0.1, -0.05) is 0 Å². The average molecular weight is 277 g/mol. The van der Waals surface area contributed by atoms with Crippen molar-refractivity contribution in [2.24, 2.45) is 0 Å². The summed E-state index contributed by atoms with van der Waals surface area (Å²) in [6.45, 7) is 4.47. The summed E-state index contributed by atoms with van der Waals surface area (Å²) in [4.78, 5) is 14.9. The number of aromatic nitrogens is 3. The van der Waals surface area contributed by atoms with Crippen molar-refractivity contribution in [2.45, 2.75) is 6.92 Å². The second-order valence-electron chi connectivity index (χ2n) is 4.22. The molecular weight excluding hydrogens is 258 g/mol. The topological polar surface area (TPSA) is 97.4 Å². The predicted molar refractivity (Wildman–Crippen MR) is 77.5 cm³/mol. The smallest absolute Gasteiger partial charge is 0.182 e. The van der Waals surface area contributed by atoms with Gasteiger partial charge in [0.15, 0.2) is 5.65 Å². The van der Waals surface area contributed by atoms with Crippen molar-refractivity contribution in [1.29, 1.82) is 0 Å². The molecule has 0 aliphatic rings. The Balaban J connectivity index is 2.12. The maximum absolute atomic E-state index is 8.67. The van der Waals surface area contributed by atoms with Crippen molar-refractivity contribution in [3.63, 3.8) is 0 Å². The lowest BCUT2D eigenvalue weighted by Gasteiger charge is -2.21. The van der Waals surface area contributed by atoms with E-state index in [9.17, 15) is 0 Å². The molecule has 0 bridgehead atoms. The fourth-order valence-corrected chi connectivity index (χ4v) is 1.85. The van der Waals surface area contributed by atoms with Gasteiger partial charge in [0.2, 0.25) is 0 Å². The van der Waals surface area contributed by atoms with Gasteiger partial charge in [-0.3, -0.25) is 0 Å². The second kappa shape index (κ2) is 6.97. The Bertz CT molecular complexity index is 563. The molecule has 0 saturated heterocycles. The Morgan fingerprint density at radius 2 is 2.15 bits per heavy atom. The summed E-state index contributed by atoms with van der Waals surface area (Å²) >= 11 is 0. The number of hydrogen-bond acceptors (Lipinski definition) is 7. The van der Waals surface area contributed by atoms with E-state index in [0.29, 0.717) is 31.2 Å². The lowest BCUT2D eigenvalue weighted by molar-refractivity contribution is 0.0967. The first-order chi connectivity index (χ1) is 9.74. The number of likely N-dealkylation sites (N-methyl/N-ethyl adjacent to an activating group) is 1. The van der Waals surface area contributed by atoms with Crippen LogP contribution in [0.2, 0.25) is 0 Å². The van der Waals surface area contributed by atoms with Crippen LogP contribution in [-0.4, -0.2) is 53.0 Å². The first-order valence-corrected chi connectivity index (χ1v) is 6.57. The molecule has 2 aromatic rings. The van der Waals surface area contributed by atoms with Crippen LogP contribution in [-0.2, 0) is 4.74 Å². The number of pyridine rings is 1. The molecule has 0 aliphatic heterocycles. The molecule has 0 amide bonds. The lowest BCUT2D eigenvalue weighted by atomic mass is 10.3. The van der Waals surface area contributed by atoms with Crippen molar-refractivity contribution in [3.05, 3.63) is 18.3 Å². The minimum atomic E-state index is 0.0369. The molecule has 7 heteroatoms. The SMILES string of the molecule is CCN(CCOCCO)c1ccc2ncc(N)nc2n1. The molecule has 2 aromatic heterocycles. The van der Waals surface area contributed by atoms with Gasteiger partial charge in [-0.25, -0.2) is 15.0 Å². The number of ether oxygens (including phenoxy) is 1. The van der Waals surface area contributed by atoms with Crippen molar-refractivity contribution < 1.29 is 9.84 Å². The van der Waals surface area contributed by atoms with Gasteiger partial charge in [0, 0.05) is 13.1 Å². The van der Waals surface area contributed by atoms with Gasteiger partial charge in [0.05, 0.1) is 26.0 Å². The minimum Gasteiger partial charge on any atom is -0.394 e. The largest absolute Gasteiger partial charge is 0.394 e.